The molecule has 138 valence electrons. The van der Waals surface area contributed by atoms with E-state index in [9.17, 15) is 14.4 Å². The molecule has 1 heterocycles. The molecule has 2 aromatic rings. The lowest BCUT2D eigenvalue weighted by Crippen LogP contribution is -2.54. The van der Waals surface area contributed by atoms with Gasteiger partial charge in [0.25, 0.3) is 11.8 Å². The molecule has 27 heavy (non-hydrogen) atoms. The first-order valence-corrected chi connectivity index (χ1v) is 9.21. The number of rotatable bonds is 3. The van der Waals surface area contributed by atoms with Gasteiger partial charge in [0.2, 0.25) is 0 Å². The number of carbonyl (C=O) groups is 3. The Hall–Kier alpha value is -2.68. The fourth-order valence-electron chi connectivity index (χ4n) is 2.79. The van der Waals surface area contributed by atoms with Gasteiger partial charge in [-0.15, -0.1) is 0 Å². The summed E-state index contributed by atoms with van der Waals surface area (Å²) in [6.07, 6.45) is 1.47. The number of benzene rings is 2. The van der Waals surface area contributed by atoms with Gasteiger partial charge < -0.3 is 4.74 Å². The summed E-state index contributed by atoms with van der Waals surface area (Å²) in [6, 6.07) is 10.1. The quantitative estimate of drug-likeness (QED) is 0.418. The minimum Gasteiger partial charge on any atom is -0.497 e. The predicted molar refractivity (Wildman–Crippen MR) is 111 cm³/mol. The Labute approximate surface area is 170 Å². The molecule has 4 amide bonds. The molecule has 7 heteroatoms. The second-order valence-electron chi connectivity index (χ2n) is 6.17. The Morgan fingerprint density at radius 2 is 1.81 bits per heavy atom. The topological polar surface area (TPSA) is 75.7 Å². The molecule has 6 nitrogen and oxygen atoms in total. The molecular weight excluding hydrogens is 459 g/mol. The van der Waals surface area contributed by atoms with Crippen LogP contribution in [0.5, 0.6) is 5.75 Å². The van der Waals surface area contributed by atoms with Crippen LogP contribution in [0.4, 0.5) is 10.5 Å². The number of imide groups is 2. The smallest absolute Gasteiger partial charge is 0.335 e. The average molecular weight is 476 g/mol. The largest absolute Gasteiger partial charge is 0.497 e. The summed E-state index contributed by atoms with van der Waals surface area (Å²) >= 11 is 2.12. The van der Waals surface area contributed by atoms with Crippen LogP contribution in [0.15, 0.2) is 42.0 Å². The number of hydrogen-bond acceptors (Lipinski definition) is 4. The maximum atomic E-state index is 13.0. The number of barbiturate groups is 1. The highest BCUT2D eigenvalue weighted by atomic mass is 127. The summed E-state index contributed by atoms with van der Waals surface area (Å²) < 4.78 is 6.12. The monoisotopic (exact) mass is 476 g/mol. The molecule has 0 aliphatic carbocycles. The highest BCUT2D eigenvalue weighted by Crippen LogP contribution is 2.27. The van der Waals surface area contributed by atoms with Gasteiger partial charge in [-0.25, -0.2) is 9.69 Å². The number of halogens is 1. The summed E-state index contributed by atoms with van der Waals surface area (Å²) in [5.74, 6) is -0.764. The van der Waals surface area contributed by atoms with Gasteiger partial charge in [0.05, 0.1) is 12.8 Å². The fourth-order valence-corrected chi connectivity index (χ4v) is 3.46. The SMILES string of the molecule is COc1cc(I)cc(/C=C2\C(=O)NC(=O)N(c3cc(C)ccc3C)C2=O)c1. The molecule has 1 aliphatic heterocycles. The van der Waals surface area contributed by atoms with Gasteiger partial charge in [-0.2, -0.15) is 0 Å². The van der Waals surface area contributed by atoms with Crippen LogP contribution >= 0.6 is 22.6 Å². The molecule has 0 spiro atoms. The van der Waals surface area contributed by atoms with Crippen molar-refractivity contribution in [3.8, 4) is 5.75 Å². The van der Waals surface area contributed by atoms with Crippen molar-refractivity contribution in [2.45, 2.75) is 13.8 Å². The summed E-state index contributed by atoms with van der Waals surface area (Å²) in [4.78, 5) is 38.7. The van der Waals surface area contributed by atoms with Crippen molar-refractivity contribution in [2.24, 2.45) is 0 Å². The molecule has 0 aromatic heterocycles. The number of nitrogens with zero attached hydrogens (tertiary/aromatic N) is 1. The molecule has 2 aromatic carbocycles. The van der Waals surface area contributed by atoms with Crippen molar-refractivity contribution in [2.75, 3.05) is 12.0 Å². The van der Waals surface area contributed by atoms with Crippen molar-refractivity contribution in [1.29, 1.82) is 0 Å². The Bertz CT molecular complexity index is 997. The van der Waals surface area contributed by atoms with Gasteiger partial charge in [0, 0.05) is 3.57 Å². The predicted octanol–water partition coefficient (Wildman–Crippen LogP) is 3.58. The van der Waals surface area contributed by atoms with Crippen molar-refractivity contribution in [1.82, 2.24) is 5.32 Å². The third kappa shape index (κ3) is 3.87. The lowest BCUT2D eigenvalue weighted by molar-refractivity contribution is -0.122. The lowest BCUT2D eigenvalue weighted by Gasteiger charge is -2.27. The van der Waals surface area contributed by atoms with E-state index in [1.807, 2.05) is 31.2 Å². The lowest BCUT2D eigenvalue weighted by atomic mass is 10.0. The normalized spacial score (nSPS) is 15.9. The van der Waals surface area contributed by atoms with Crippen LogP contribution in [0.2, 0.25) is 0 Å². The molecule has 3 rings (SSSR count). The average Bonchev–Trinajstić information content (AvgIpc) is 2.61. The summed E-state index contributed by atoms with van der Waals surface area (Å²) in [5.41, 5.74) is 2.64. The van der Waals surface area contributed by atoms with Crippen molar-refractivity contribution < 1.29 is 19.1 Å². The zero-order valence-electron chi connectivity index (χ0n) is 15.0. The van der Waals surface area contributed by atoms with E-state index in [0.717, 1.165) is 19.6 Å². The van der Waals surface area contributed by atoms with Gasteiger partial charge in [-0.1, -0.05) is 12.1 Å². The van der Waals surface area contributed by atoms with Crippen LogP contribution in [-0.4, -0.2) is 25.0 Å². The first-order valence-electron chi connectivity index (χ1n) is 8.13. The number of amides is 4. The second kappa shape index (κ2) is 7.51. The van der Waals surface area contributed by atoms with Crippen LogP contribution in [0.3, 0.4) is 0 Å². The number of anilines is 1. The zero-order valence-corrected chi connectivity index (χ0v) is 17.2. The highest BCUT2D eigenvalue weighted by Gasteiger charge is 2.37. The van der Waals surface area contributed by atoms with E-state index in [2.05, 4.69) is 27.9 Å². The van der Waals surface area contributed by atoms with Gasteiger partial charge in [0.1, 0.15) is 11.3 Å². The summed E-state index contributed by atoms with van der Waals surface area (Å²) in [6.45, 7) is 3.68. The molecule has 0 saturated carbocycles. The molecule has 1 aliphatic rings. The minimum absolute atomic E-state index is 0.112. The van der Waals surface area contributed by atoms with Crippen molar-refractivity contribution >= 4 is 52.2 Å². The van der Waals surface area contributed by atoms with Crippen molar-refractivity contribution in [3.63, 3.8) is 0 Å². The number of nitrogens with one attached hydrogen (secondary N) is 1. The van der Waals surface area contributed by atoms with Gasteiger partial charge in [-0.05, 0) is 83.5 Å². The molecule has 0 bridgehead atoms. The zero-order chi connectivity index (χ0) is 19.7. The van der Waals surface area contributed by atoms with Gasteiger partial charge in [-0.3, -0.25) is 14.9 Å². The number of ether oxygens (including phenoxy) is 1. The summed E-state index contributed by atoms with van der Waals surface area (Å²) in [5, 5.41) is 2.24. The van der Waals surface area contributed by atoms with E-state index >= 15 is 0 Å². The van der Waals surface area contributed by atoms with Crippen LogP contribution < -0.4 is 15.0 Å². The number of hydrogen-bond donors (Lipinski definition) is 1. The third-order valence-corrected chi connectivity index (χ3v) is 4.77. The van der Waals surface area contributed by atoms with Gasteiger partial charge >= 0.3 is 6.03 Å². The Morgan fingerprint density at radius 3 is 2.52 bits per heavy atom. The number of carbonyl (C=O) groups excluding carboxylic acids is 3. The number of methoxy groups -OCH3 is 1. The molecule has 1 fully saturated rings. The third-order valence-electron chi connectivity index (χ3n) is 4.15. The Balaban J connectivity index is 2.08. The standard InChI is InChI=1S/C20H17IN2O4/c1-11-4-5-12(2)17(6-11)23-19(25)16(18(24)22-20(23)26)9-13-7-14(21)10-15(8-13)27-3/h4-10H,1-3H3,(H,22,24,26)/b16-9+. The fraction of sp³-hybridized carbons (Fsp3) is 0.150. The molecule has 1 saturated heterocycles. The molecular formula is C20H17IN2O4. The van der Waals surface area contributed by atoms with E-state index < -0.39 is 17.8 Å². The van der Waals surface area contributed by atoms with Crippen LogP contribution in [0, 0.1) is 17.4 Å². The van der Waals surface area contributed by atoms with Crippen LogP contribution in [-0.2, 0) is 9.59 Å². The second-order valence-corrected chi connectivity index (χ2v) is 7.42. The van der Waals surface area contributed by atoms with Crippen LogP contribution in [0.25, 0.3) is 6.08 Å². The molecule has 0 atom stereocenters. The number of aryl methyl sites for hydroxylation is 2. The molecule has 1 N–H and O–H groups in total. The first-order chi connectivity index (χ1) is 12.8. The van der Waals surface area contributed by atoms with Crippen molar-refractivity contribution in [3.05, 3.63) is 62.2 Å². The molecule has 0 unspecified atom stereocenters. The van der Waals surface area contributed by atoms with E-state index in [-0.39, 0.29) is 5.57 Å². The van der Waals surface area contributed by atoms with E-state index in [4.69, 9.17) is 4.74 Å². The number of urea groups is 1. The minimum atomic E-state index is -0.754. The van der Waals surface area contributed by atoms with Gasteiger partial charge in [0.15, 0.2) is 0 Å². The highest BCUT2D eigenvalue weighted by molar-refractivity contribution is 14.1. The first kappa shape index (κ1) is 19.1. The Kier molecular flexibility index (Phi) is 5.31. The Morgan fingerprint density at radius 1 is 1.07 bits per heavy atom. The molecule has 0 radical (unpaired) electrons. The van der Waals surface area contributed by atoms with E-state index in [0.29, 0.717) is 17.0 Å². The van der Waals surface area contributed by atoms with E-state index in [1.165, 1.54) is 6.08 Å². The maximum Gasteiger partial charge on any atom is 0.335 e. The van der Waals surface area contributed by atoms with Crippen LogP contribution in [0.1, 0.15) is 16.7 Å². The van der Waals surface area contributed by atoms with E-state index in [1.54, 1.807) is 26.2 Å². The summed E-state index contributed by atoms with van der Waals surface area (Å²) in [7, 11) is 1.54. The maximum absolute atomic E-state index is 13.0.